The molecule has 0 heterocycles. The largest absolute Gasteiger partial charge is 0.311 e. The van der Waals surface area contributed by atoms with Crippen LogP contribution in [0.4, 0.5) is 0 Å². The fourth-order valence-electron chi connectivity index (χ4n) is 2.55. The first-order valence-corrected chi connectivity index (χ1v) is 7.26. The van der Waals surface area contributed by atoms with Crippen molar-refractivity contribution < 1.29 is 0 Å². The second-order valence-corrected chi connectivity index (χ2v) is 5.90. The molecule has 1 aromatic rings. The second-order valence-electron chi connectivity index (χ2n) is 5.90. The Morgan fingerprint density at radius 2 is 2.00 bits per heavy atom. The molecular formula is C17H26N2. The topological polar surface area (TPSA) is 15.3 Å². The van der Waals surface area contributed by atoms with Crippen LogP contribution in [-0.4, -0.2) is 38.1 Å². The molecule has 1 unspecified atom stereocenters. The first-order valence-electron chi connectivity index (χ1n) is 7.26. The number of hydrogen-bond acceptors (Lipinski definition) is 2. The monoisotopic (exact) mass is 258 g/mol. The van der Waals surface area contributed by atoms with Crippen molar-refractivity contribution in [3.05, 3.63) is 41.5 Å². The Morgan fingerprint density at radius 3 is 2.58 bits per heavy atom. The van der Waals surface area contributed by atoms with Gasteiger partial charge in [0.2, 0.25) is 0 Å². The zero-order chi connectivity index (χ0) is 13.7. The maximum atomic E-state index is 3.60. The van der Waals surface area contributed by atoms with Gasteiger partial charge in [0.25, 0.3) is 0 Å². The quantitative estimate of drug-likeness (QED) is 0.809. The Bertz CT molecular complexity index is 403. The second kappa shape index (κ2) is 6.88. The highest BCUT2D eigenvalue weighted by Gasteiger charge is 2.31. The third kappa shape index (κ3) is 4.81. The van der Waals surface area contributed by atoms with E-state index in [2.05, 4.69) is 67.6 Å². The summed E-state index contributed by atoms with van der Waals surface area (Å²) in [6.07, 6.45) is 5.07. The average Bonchev–Trinajstić information content (AvgIpc) is 3.19. The lowest BCUT2D eigenvalue weighted by atomic mass is 10.1. The Balaban J connectivity index is 1.77. The predicted octanol–water partition coefficient (Wildman–Crippen LogP) is 3.02. The highest BCUT2D eigenvalue weighted by molar-refractivity contribution is 5.52. The van der Waals surface area contributed by atoms with Crippen LogP contribution >= 0.6 is 0 Å². The number of nitrogens with zero attached hydrogens (tertiary/aromatic N) is 1. The van der Waals surface area contributed by atoms with Gasteiger partial charge in [-0.25, -0.2) is 0 Å². The molecule has 1 N–H and O–H groups in total. The lowest BCUT2D eigenvalue weighted by molar-refractivity contribution is 0.258. The Kier molecular flexibility index (Phi) is 5.17. The van der Waals surface area contributed by atoms with Gasteiger partial charge in [-0.15, -0.1) is 0 Å². The molecule has 2 rings (SSSR count). The van der Waals surface area contributed by atoms with Crippen LogP contribution in [0.5, 0.6) is 0 Å². The zero-order valence-corrected chi connectivity index (χ0v) is 12.4. The number of benzene rings is 1. The summed E-state index contributed by atoms with van der Waals surface area (Å²) in [5.74, 6) is 0.918. The van der Waals surface area contributed by atoms with Gasteiger partial charge >= 0.3 is 0 Å². The van der Waals surface area contributed by atoms with Crippen molar-refractivity contribution in [2.75, 3.05) is 27.2 Å². The molecule has 0 saturated heterocycles. The molecule has 0 amide bonds. The number of hydrogen-bond donors (Lipinski definition) is 1. The van der Waals surface area contributed by atoms with Gasteiger partial charge in [-0.1, -0.05) is 42.0 Å². The molecule has 104 valence electrons. The van der Waals surface area contributed by atoms with Gasteiger partial charge in [-0.2, -0.15) is 0 Å². The summed E-state index contributed by atoms with van der Waals surface area (Å²) in [7, 11) is 4.38. The van der Waals surface area contributed by atoms with Gasteiger partial charge in [0.1, 0.15) is 0 Å². The normalized spacial score (nSPS) is 17.8. The summed E-state index contributed by atoms with van der Waals surface area (Å²) in [6, 6.07) is 11.2. The van der Waals surface area contributed by atoms with Crippen molar-refractivity contribution >= 4 is 6.08 Å². The molecule has 0 spiro atoms. The van der Waals surface area contributed by atoms with Crippen molar-refractivity contribution in [2.24, 2.45) is 5.92 Å². The molecule has 1 aliphatic rings. The standard InChI is InChI=1S/C17H26N2/c1-14(11-15-7-5-4-6-8-15)12-18-13-17(19(2)3)16-9-10-16/h4-8,11,16-18H,9-10,12-13H2,1-3H3/b14-11+. The number of rotatable bonds is 7. The van der Waals surface area contributed by atoms with Crippen molar-refractivity contribution in [2.45, 2.75) is 25.8 Å². The molecule has 0 bridgehead atoms. The minimum atomic E-state index is 0.699. The summed E-state index contributed by atoms with van der Waals surface area (Å²) >= 11 is 0. The molecule has 1 saturated carbocycles. The maximum Gasteiger partial charge on any atom is 0.0242 e. The van der Waals surface area contributed by atoms with Crippen LogP contribution in [-0.2, 0) is 0 Å². The van der Waals surface area contributed by atoms with E-state index in [1.807, 2.05) is 0 Å². The smallest absolute Gasteiger partial charge is 0.0242 e. The lowest BCUT2D eigenvalue weighted by Gasteiger charge is -2.24. The van der Waals surface area contributed by atoms with Crippen molar-refractivity contribution in [1.82, 2.24) is 10.2 Å². The molecule has 1 aliphatic carbocycles. The third-order valence-corrected chi connectivity index (χ3v) is 3.80. The van der Waals surface area contributed by atoms with Crippen LogP contribution in [0.2, 0.25) is 0 Å². The number of likely N-dealkylation sites (N-methyl/N-ethyl adjacent to an activating group) is 1. The summed E-state index contributed by atoms with van der Waals surface area (Å²) in [4.78, 5) is 2.36. The first kappa shape index (κ1) is 14.3. The molecule has 2 nitrogen and oxygen atoms in total. The molecule has 1 fully saturated rings. The third-order valence-electron chi connectivity index (χ3n) is 3.80. The summed E-state index contributed by atoms with van der Waals surface area (Å²) in [5.41, 5.74) is 2.67. The summed E-state index contributed by atoms with van der Waals surface area (Å²) < 4.78 is 0. The predicted molar refractivity (Wildman–Crippen MR) is 83.2 cm³/mol. The van der Waals surface area contributed by atoms with E-state index in [0.29, 0.717) is 6.04 Å². The van der Waals surface area contributed by atoms with Gasteiger partial charge in [0.15, 0.2) is 0 Å². The highest BCUT2D eigenvalue weighted by Crippen LogP contribution is 2.34. The van der Waals surface area contributed by atoms with Crippen molar-refractivity contribution in [3.8, 4) is 0 Å². The average molecular weight is 258 g/mol. The van der Waals surface area contributed by atoms with E-state index >= 15 is 0 Å². The number of nitrogens with one attached hydrogen (secondary N) is 1. The minimum Gasteiger partial charge on any atom is -0.311 e. The van der Waals surface area contributed by atoms with Crippen LogP contribution in [0, 0.1) is 5.92 Å². The van der Waals surface area contributed by atoms with Gasteiger partial charge in [0.05, 0.1) is 0 Å². The lowest BCUT2D eigenvalue weighted by Crippen LogP contribution is -2.39. The molecule has 0 aliphatic heterocycles. The zero-order valence-electron chi connectivity index (χ0n) is 12.4. The Hall–Kier alpha value is -1.12. The van der Waals surface area contributed by atoms with Crippen LogP contribution in [0.15, 0.2) is 35.9 Å². The van der Waals surface area contributed by atoms with Crippen LogP contribution in [0.1, 0.15) is 25.3 Å². The van der Waals surface area contributed by atoms with E-state index in [4.69, 9.17) is 0 Å². The van der Waals surface area contributed by atoms with Crippen molar-refractivity contribution in [3.63, 3.8) is 0 Å². The Labute approximate surface area is 117 Å². The molecule has 19 heavy (non-hydrogen) atoms. The van der Waals surface area contributed by atoms with Gasteiger partial charge in [-0.3, -0.25) is 0 Å². The van der Waals surface area contributed by atoms with Crippen LogP contribution < -0.4 is 5.32 Å². The van der Waals surface area contributed by atoms with E-state index < -0.39 is 0 Å². The summed E-state index contributed by atoms with van der Waals surface area (Å²) in [5, 5.41) is 3.60. The first-order chi connectivity index (χ1) is 9.16. The van der Waals surface area contributed by atoms with E-state index in [9.17, 15) is 0 Å². The highest BCUT2D eigenvalue weighted by atomic mass is 15.1. The fraction of sp³-hybridized carbons (Fsp3) is 0.529. The minimum absolute atomic E-state index is 0.699. The van der Waals surface area contributed by atoms with Gasteiger partial charge in [0, 0.05) is 19.1 Å². The molecule has 0 aromatic heterocycles. The molecule has 1 aromatic carbocycles. The van der Waals surface area contributed by atoms with E-state index in [1.165, 1.54) is 24.0 Å². The Morgan fingerprint density at radius 1 is 1.32 bits per heavy atom. The molecule has 1 atom stereocenters. The maximum absolute atomic E-state index is 3.60. The SMILES string of the molecule is C/C(=C\c1ccccc1)CNCC(C1CC1)N(C)C. The fourth-order valence-corrected chi connectivity index (χ4v) is 2.55. The van der Waals surface area contributed by atoms with Gasteiger partial charge in [-0.05, 0) is 45.3 Å². The van der Waals surface area contributed by atoms with Gasteiger partial charge < -0.3 is 10.2 Å². The molecule has 0 radical (unpaired) electrons. The molecule has 2 heteroatoms. The van der Waals surface area contributed by atoms with Crippen molar-refractivity contribution in [1.29, 1.82) is 0 Å². The molecular weight excluding hydrogens is 232 g/mol. The van der Waals surface area contributed by atoms with Crippen LogP contribution in [0.3, 0.4) is 0 Å². The van der Waals surface area contributed by atoms with Crippen LogP contribution in [0.25, 0.3) is 6.08 Å². The summed E-state index contributed by atoms with van der Waals surface area (Å²) in [6.45, 7) is 4.27. The van der Waals surface area contributed by atoms with E-state index in [-0.39, 0.29) is 0 Å². The van der Waals surface area contributed by atoms with E-state index in [0.717, 1.165) is 19.0 Å². The van der Waals surface area contributed by atoms with E-state index in [1.54, 1.807) is 0 Å².